The molecule has 3 nitrogen and oxygen atoms in total. The second kappa shape index (κ2) is 4.34. The Bertz CT molecular complexity index is 132. The zero-order valence-corrected chi connectivity index (χ0v) is 7.39. The zero-order valence-electron chi connectivity index (χ0n) is 7.39. The van der Waals surface area contributed by atoms with Crippen LogP contribution in [0.5, 0.6) is 0 Å². The molecule has 0 aromatic heterocycles. The van der Waals surface area contributed by atoms with Gasteiger partial charge in [-0.05, 0) is 13.3 Å². The van der Waals surface area contributed by atoms with E-state index in [2.05, 4.69) is 6.92 Å². The van der Waals surface area contributed by atoms with Crippen molar-refractivity contribution in [1.82, 2.24) is 0 Å². The summed E-state index contributed by atoms with van der Waals surface area (Å²) in [6.07, 6.45) is 3.91. The van der Waals surface area contributed by atoms with Crippen molar-refractivity contribution in [1.29, 1.82) is 0 Å². The molecule has 66 valence electrons. The van der Waals surface area contributed by atoms with Crippen molar-refractivity contribution in [3.05, 3.63) is 0 Å². The van der Waals surface area contributed by atoms with Crippen LogP contribution in [-0.2, 0) is 4.79 Å². The summed E-state index contributed by atoms with van der Waals surface area (Å²) in [7, 11) is 0. The highest BCUT2D eigenvalue weighted by atomic mass is 16.1. The van der Waals surface area contributed by atoms with Crippen LogP contribution < -0.4 is 11.5 Å². The van der Waals surface area contributed by atoms with E-state index in [-0.39, 0.29) is 0 Å². The Labute approximate surface area is 68.1 Å². The molecule has 11 heavy (non-hydrogen) atoms. The lowest BCUT2D eigenvalue weighted by Gasteiger charge is -2.19. The second-order valence-electron chi connectivity index (χ2n) is 3.24. The fourth-order valence-corrected chi connectivity index (χ4v) is 0.865. The van der Waals surface area contributed by atoms with Crippen LogP contribution in [0.3, 0.4) is 0 Å². The minimum absolute atomic E-state index is 0.409. The number of hydrogen-bond donors (Lipinski definition) is 2. The third kappa shape index (κ3) is 3.98. The normalized spacial score (nSPS) is 15.9. The number of unbranched alkanes of at least 4 members (excludes halogenated alkanes) is 2. The summed E-state index contributed by atoms with van der Waals surface area (Å²) in [6.45, 7) is 3.79. The van der Waals surface area contributed by atoms with Gasteiger partial charge >= 0.3 is 0 Å². The van der Waals surface area contributed by atoms with Crippen LogP contribution in [0.15, 0.2) is 0 Å². The summed E-state index contributed by atoms with van der Waals surface area (Å²) in [5.74, 6) is -0.409. The maximum atomic E-state index is 10.7. The lowest BCUT2D eigenvalue weighted by atomic mass is 9.95. The highest BCUT2D eigenvalue weighted by Crippen LogP contribution is 2.10. The fourth-order valence-electron chi connectivity index (χ4n) is 0.865. The van der Waals surface area contributed by atoms with Gasteiger partial charge in [0.05, 0.1) is 5.54 Å². The van der Waals surface area contributed by atoms with Crippen molar-refractivity contribution >= 4 is 5.91 Å². The summed E-state index contributed by atoms with van der Waals surface area (Å²) in [5, 5.41) is 0. The molecule has 0 saturated heterocycles. The highest BCUT2D eigenvalue weighted by Gasteiger charge is 2.24. The quantitative estimate of drug-likeness (QED) is 0.580. The first-order valence-electron chi connectivity index (χ1n) is 4.09. The largest absolute Gasteiger partial charge is 0.368 e. The van der Waals surface area contributed by atoms with E-state index in [1.165, 1.54) is 0 Å². The van der Waals surface area contributed by atoms with E-state index >= 15 is 0 Å². The Balaban J connectivity index is 3.64. The van der Waals surface area contributed by atoms with Gasteiger partial charge in [-0.2, -0.15) is 0 Å². The number of carbonyl (C=O) groups excluding carboxylic acids is 1. The molecule has 0 heterocycles. The standard InChI is InChI=1S/C8H18N2O/c1-3-4-5-6-8(2,10)7(9)11/h3-6,10H2,1-2H3,(H2,9,11). The van der Waals surface area contributed by atoms with Gasteiger partial charge in [-0.1, -0.05) is 26.2 Å². The van der Waals surface area contributed by atoms with Gasteiger partial charge in [0.1, 0.15) is 0 Å². The Morgan fingerprint density at radius 2 is 2.00 bits per heavy atom. The highest BCUT2D eigenvalue weighted by molar-refractivity contribution is 5.83. The Hall–Kier alpha value is -0.570. The average molecular weight is 158 g/mol. The fraction of sp³-hybridized carbons (Fsp3) is 0.875. The van der Waals surface area contributed by atoms with Crippen molar-refractivity contribution in [3.63, 3.8) is 0 Å². The van der Waals surface area contributed by atoms with Gasteiger partial charge in [0.2, 0.25) is 5.91 Å². The van der Waals surface area contributed by atoms with Gasteiger partial charge in [-0.3, -0.25) is 4.79 Å². The first kappa shape index (κ1) is 10.4. The molecule has 0 radical (unpaired) electrons. The number of hydrogen-bond acceptors (Lipinski definition) is 2. The monoisotopic (exact) mass is 158 g/mol. The van der Waals surface area contributed by atoms with Gasteiger partial charge in [0, 0.05) is 0 Å². The molecule has 0 saturated carbocycles. The van der Waals surface area contributed by atoms with Crippen LogP contribution >= 0.6 is 0 Å². The minimum atomic E-state index is -0.810. The molecule has 1 amide bonds. The maximum Gasteiger partial charge on any atom is 0.237 e. The molecule has 1 unspecified atom stereocenters. The third-order valence-corrected chi connectivity index (χ3v) is 1.86. The maximum absolute atomic E-state index is 10.7. The zero-order chi connectivity index (χ0) is 8.91. The van der Waals surface area contributed by atoms with Crippen molar-refractivity contribution in [3.8, 4) is 0 Å². The van der Waals surface area contributed by atoms with Gasteiger partial charge in [-0.25, -0.2) is 0 Å². The molecule has 0 aliphatic heterocycles. The molecule has 0 rings (SSSR count). The lowest BCUT2D eigenvalue weighted by molar-refractivity contribution is -0.122. The van der Waals surface area contributed by atoms with E-state index in [0.717, 1.165) is 19.3 Å². The summed E-state index contributed by atoms with van der Waals surface area (Å²) in [5.41, 5.74) is 9.90. The summed E-state index contributed by atoms with van der Waals surface area (Å²) in [4.78, 5) is 10.7. The molecule has 0 aliphatic carbocycles. The number of rotatable bonds is 5. The van der Waals surface area contributed by atoms with E-state index in [1.54, 1.807) is 6.92 Å². The van der Waals surface area contributed by atoms with Crippen LogP contribution in [0.1, 0.15) is 39.5 Å². The van der Waals surface area contributed by atoms with E-state index in [0.29, 0.717) is 6.42 Å². The summed E-state index contributed by atoms with van der Waals surface area (Å²) < 4.78 is 0. The number of amides is 1. The first-order valence-corrected chi connectivity index (χ1v) is 4.09. The van der Waals surface area contributed by atoms with Crippen molar-refractivity contribution in [2.24, 2.45) is 11.5 Å². The van der Waals surface area contributed by atoms with Crippen molar-refractivity contribution < 1.29 is 4.79 Å². The molecule has 0 bridgehead atoms. The Morgan fingerprint density at radius 1 is 1.45 bits per heavy atom. The number of nitrogens with two attached hydrogens (primary N) is 2. The molecular weight excluding hydrogens is 140 g/mol. The van der Waals surface area contributed by atoms with Crippen LogP contribution in [0.25, 0.3) is 0 Å². The number of primary amides is 1. The summed E-state index contributed by atoms with van der Waals surface area (Å²) >= 11 is 0. The molecule has 0 aromatic carbocycles. The molecule has 0 spiro atoms. The molecule has 0 aromatic rings. The van der Waals surface area contributed by atoms with Gasteiger partial charge in [0.25, 0.3) is 0 Å². The lowest BCUT2D eigenvalue weighted by Crippen LogP contribution is -2.49. The SMILES string of the molecule is CCCCCC(C)(N)C(N)=O. The van der Waals surface area contributed by atoms with Crippen LogP contribution in [0.2, 0.25) is 0 Å². The predicted molar refractivity (Wildman–Crippen MR) is 45.9 cm³/mol. The molecule has 3 heteroatoms. The van der Waals surface area contributed by atoms with Crippen molar-refractivity contribution in [2.75, 3.05) is 0 Å². The minimum Gasteiger partial charge on any atom is -0.368 e. The second-order valence-corrected chi connectivity index (χ2v) is 3.24. The molecule has 0 aliphatic rings. The summed E-state index contributed by atoms with van der Waals surface area (Å²) in [6, 6.07) is 0. The smallest absolute Gasteiger partial charge is 0.237 e. The molecule has 0 fully saturated rings. The first-order chi connectivity index (χ1) is 5.00. The van der Waals surface area contributed by atoms with E-state index in [1.807, 2.05) is 0 Å². The van der Waals surface area contributed by atoms with E-state index < -0.39 is 11.4 Å². The predicted octanol–water partition coefficient (Wildman–Crippen LogP) is 0.769. The molecular formula is C8H18N2O. The topological polar surface area (TPSA) is 69.1 Å². The van der Waals surface area contributed by atoms with E-state index in [9.17, 15) is 4.79 Å². The average Bonchev–Trinajstić information content (AvgIpc) is 1.88. The van der Waals surface area contributed by atoms with Gasteiger partial charge < -0.3 is 11.5 Å². The Kier molecular flexibility index (Phi) is 4.11. The van der Waals surface area contributed by atoms with Gasteiger partial charge in [0.15, 0.2) is 0 Å². The third-order valence-electron chi connectivity index (χ3n) is 1.86. The van der Waals surface area contributed by atoms with E-state index in [4.69, 9.17) is 11.5 Å². The Morgan fingerprint density at radius 3 is 2.36 bits per heavy atom. The van der Waals surface area contributed by atoms with Crippen LogP contribution in [0.4, 0.5) is 0 Å². The van der Waals surface area contributed by atoms with Crippen LogP contribution in [-0.4, -0.2) is 11.4 Å². The van der Waals surface area contributed by atoms with Gasteiger partial charge in [-0.15, -0.1) is 0 Å². The molecule has 4 N–H and O–H groups in total. The number of carbonyl (C=O) groups is 1. The van der Waals surface area contributed by atoms with Crippen LogP contribution in [0, 0.1) is 0 Å². The molecule has 1 atom stereocenters. The van der Waals surface area contributed by atoms with Crippen molar-refractivity contribution in [2.45, 2.75) is 45.1 Å².